The minimum atomic E-state index is -0.0915. The Morgan fingerprint density at radius 3 is 2.88 bits per heavy atom. The average molecular weight is 242 g/mol. The summed E-state index contributed by atoms with van der Waals surface area (Å²) in [6.45, 7) is 4.74. The number of aliphatic hydroxyl groups is 1. The summed E-state index contributed by atoms with van der Waals surface area (Å²) in [7, 11) is 2.14. The summed E-state index contributed by atoms with van der Waals surface area (Å²) >= 11 is 0. The summed E-state index contributed by atoms with van der Waals surface area (Å²) < 4.78 is 5.70. The van der Waals surface area contributed by atoms with Crippen molar-refractivity contribution in [2.45, 2.75) is 37.9 Å². The molecule has 0 bridgehead atoms. The number of hydrogen-bond donors (Lipinski definition) is 2. The van der Waals surface area contributed by atoms with Crippen molar-refractivity contribution in [2.24, 2.45) is 5.92 Å². The highest BCUT2D eigenvalue weighted by Gasteiger charge is 2.23. The second-order valence-corrected chi connectivity index (χ2v) is 5.53. The lowest BCUT2D eigenvalue weighted by atomic mass is 9.86. The van der Waals surface area contributed by atoms with Crippen LogP contribution in [0, 0.1) is 5.92 Å². The molecule has 4 nitrogen and oxygen atoms in total. The molecule has 1 heterocycles. The van der Waals surface area contributed by atoms with Gasteiger partial charge >= 0.3 is 0 Å². The van der Waals surface area contributed by atoms with Gasteiger partial charge in [-0.2, -0.15) is 0 Å². The van der Waals surface area contributed by atoms with Crippen molar-refractivity contribution in [1.82, 2.24) is 10.2 Å². The number of hydrogen-bond acceptors (Lipinski definition) is 4. The first-order chi connectivity index (χ1) is 8.25. The predicted octanol–water partition coefficient (Wildman–Crippen LogP) is 0.458. The first-order valence-corrected chi connectivity index (χ1v) is 6.94. The SMILES string of the molecule is CN1CCOC(CNCC2CCCCC2O)C1. The number of nitrogens with one attached hydrogen (secondary N) is 1. The fourth-order valence-corrected chi connectivity index (χ4v) is 2.85. The molecule has 2 fully saturated rings. The van der Waals surface area contributed by atoms with E-state index in [1.54, 1.807) is 0 Å². The van der Waals surface area contributed by atoms with Crippen LogP contribution in [0.4, 0.5) is 0 Å². The summed E-state index contributed by atoms with van der Waals surface area (Å²) in [6.07, 6.45) is 4.83. The summed E-state index contributed by atoms with van der Waals surface area (Å²) in [5.74, 6) is 0.449. The monoisotopic (exact) mass is 242 g/mol. The van der Waals surface area contributed by atoms with Gasteiger partial charge in [0.25, 0.3) is 0 Å². The minimum Gasteiger partial charge on any atom is -0.393 e. The van der Waals surface area contributed by atoms with E-state index in [9.17, 15) is 5.11 Å². The lowest BCUT2D eigenvalue weighted by Crippen LogP contribution is -2.46. The van der Waals surface area contributed by atoms with Crippen LogP contribution in [0.3, 0.4) is 0 Å². The van der Waals surface area contributed by atoms with Crippen LogP contribution in [0.1, 0.15) is 25.7 Å². The molecule has 17 heavy (non-hydrogen) atoms. The van der Waals surface area contributed by atoms with Gasteiger partial charge in [-0.05, 0) is 25.8 Å². The third kappa shape index (κ3) is 4.21. The van der Waals surface area contributed by atoms with Crippen LogP contribution in [-0.2, 0) is 4.74 Å². The van der Waals surface area contributed by atoms with Gasteiger partial charge in [-0.15, -0.1) is 0 Å². The highest BCUT2D eigenvalue weighted by atomic mass is 16.5. The largest absolute Gasteiger partial charge is 0.393 e. The highest BCUT2D eigenvalue weighted by Crippen LogP contribution is 2.23. The fourth-order valence-electron chi connectivity index (χ4n) is 2.85. The van der Waals surface area contributed by atoms with E-state index in [1.807, 2.05) is 0 Å². The van der Waals surface area contributed by atoms with Crippen molar-refractivity contribution < 1.29 is 9.84 Å². The van der Waals surface area contributed by atoms with Crippen LogP contribution in [0.15, 0.2) is 0 Å². The molecule has 2 N–H and O–H groups in total. The zero-order chi connectivity index (χ0) is 12.1. The zero-order valence-corrected chi connectivity index (χ0v) is 10.9. The van der Waals surface area contributed by atoms with E-state index in [4.69, 9.17) is 4.74 Å². The van der Waals surface area contributed by atoms with E-state index >= 15 is 0 Å². The topological polar surface area (TPSA) is 44.7 Å². The number of nitrogens with zero attached hydrogens (tertiary/aromatic N) is 1. The molecule has 0 radical (unpaired) electrons. The van der Waals surface area contributed by atoms with E-state index in [1.165, 1.54) is 19.3 Å². The van der Waals surface area contributed by atoms with Crippen LogP contribution < -0.4 is 5.32 Å². The Kier molecular flexibility index (Phi) is 5.22. The van der Waals surface area contributed by atoms with Crippen molar-refractivity contribution in [3.63, 3.8) is 0 Å². The number of ether oxygens (including phenoxy) is 1. The molecule has 1 saturated carbocycles. The molecule has 1 saturated heterocycles. The van der Waals surface area contributed by atoms with Gasteiger partial charge in [0.15, 0.2) is 0 Å². The molecule has 100 valence electrons. The van der Waals surface area contributed by atoms with Gasteiger partial charge in [0.1, 0.15) is 0 Å². The molecule has 0 spiro atoms. The van der Waals surface area contributed by atoms with Crippen LogP contribution in [0.2, 0.25) is 0 Å². The highest BCUT2D eigenvalue weighted by molar-refractivity contribution is 4.78. The summed E-state index contributed by atoms with van der Waals surface area (Å²) in [4.78, 5) is 2.31. The molecule has 4 heteroatoms. The van der Waals surface area contributed by atoms with Gasteiger partial charge in [-0.3, -0.25) is 0 Å². The first-order valence-electron chi connectivity index (χ1n) is 6.94. The van der Waals surface area contributed by atoms with Gasteiger partial charge in [-0.1, -0.05) is 12.8 Å². The quantitative estimate of drug-likeness (QED) is 0.752. The molecule has 0 aromatic heterocycles. The lowest BCUT2D eigenvalue weighted by Gasteiger charge is -2.32. The van der Waals surface area contributed by atoms with Crippen molar-refractivity contribution >= 4 is 0 Å². The Labute approximate surface area is 104 Å². The molecule has 3 unspecified atom stereocenters. The van der Waals surface area contributed by atoms with Crippen LogP contribution >= 0.6 is 0 Å². The minimum absolute atomic E-state index is 0.0915. The maximum absolute atomic E-state index is 9.87. The Balaban J connectivity index is 1.61. The molecule has 2 rings (SSSR count). The number of rotatable bonds is 4. The fraction of sp³-hybridized carbons (Fsp3) is 1.00. The molecule has 0 aromatic rings. The maximum Gasteiger partial charge on any atom is 0.0826 e. The molecule has 2 aliphatic rings. The zero-order valence-electron chi connectivity index (χ0n) is 10.9. The summed E-state index contributed by atoms with van der Waals surface area (Å²) in [6, 6.07) is 0. The molecular formula is C13H26N2O2. The smallest absolute Gasteiger partial charge is 0.0826 e. The summed E-state index contributed by atoms with van der Waals surface area (Å²) in [5.41, 5.74) is 0. The Morgan fingerprint density at radius 1 is 1.29 bits per heavy atom. The molecule has 0 amide bonds. The van der Waals surface area contributed by atoms with E-state index < -0.39 is 0 Å². The second kappa shape index (κ2) is 6.69. The second-order valence-electron chi connectivity index (χ2n) is 5.53. The normalized spacial score (nSPS) is 36.0. The van der Waals surface area contributed by atoms with Gasteiger partial charge in [-0.25, -0.2) is 0 Å². The summed E-state index contributed by atoms with van der Waals surface area (Å²) in [5, 5.41) is 13.3. The maximum atomic E-state index is 9.87. The van der Waals surface area contributed by atoms with Crippen molar-refractivity contribution in [3.8, 4) is 0 Å². The van der Waals surface area contributed by atoms with Gasteiger partial charge in [0.2, 0.25) is 0 Å². The van der Waals surface area contributed by atoms with E-state index in [0.29, 0.717) is 12.0 Å². The molecule has 1 aliphatic carbocycles. The van der Waals surface area contributed by atoms with Crippen molar-refractivity contribution in [1.29, 1.82) is 0 Å². The van der Waals surface area contributed by atoms with Crippen LogP contribution in [0.25, 0.3) is 0 Å². The first kappa shape index (κ1) is 13.3. The van der Waals surface area contributed by atoms with Crippen LogP contribution in [-0.4, -0.2) is 62.0 Å². The number of aliphatic hydroxyl groups excluding tert-OH is 1. The average Bonchev–Trinajstić information content (AvgIpc) is 2.32. The Bertz CT molecular complexity index is 225. The third-order valence-corrected chi connectivity index (χ3v) is 3.99. The Morgan fingerprint density at radius 2 is 2.12 bits per heavy atom. The molecule has 3 atom stereocenters. The lowest BCUT2D eigenvalue weighted by molar-refractivity contribution is -0.0197. The number of likely N-dealkylation sites (N-methyl/N-ethyl adjacent to an activating group) is 1. The van der Waals surface area contributed by atoms with E-state index in [0.717, 1.165) is 39.2 Å². The standard InChI is InChI=1S/C13H26N2O2/c1-15-6-7-17-12(10-15)9-14-8-11-4-2-3-5-13(11)16/h11-14,16H,2-10H2,1H3. The predicted molar refractivity (Wildman–Crippen MR) is 68.1 cm³/mol. The van der Waals surface area contributed by atoms with Gasteiger partial charge in [0, 0.05) is 26.2 Å². The van der Waals surface area contributed by atoms with Crippen molar-refractivity contribution in [3.05, 3.63) is 0 Å². The Hall–Kier alpha value is -0.160. The number of morpholine rings is 1. The van der Waals surface area contributed by atoms with E-state index in [-0.39, 0.29) is 6.10 Å². The van der Waals surface area contributed by atoms with Gasteiger partial charge in [0.05, 0.1) is 18.8 Å². The molecular weight excluding hydrogens is 216 g/mol. The molecule has 0 aromatic carbocycles. The van der Waals surface area contributed by atoms with Crippen LogP contribution in [0.5, 0.6) is 0 Å². The van der Waals surface area contributed by atoms with E-state index in [2.05, 4.69) is 17.3 Å². The van der Waals surface area contributed by atoms with Gasteiger partial charge < -0.3 is 20.1 Å². The molecule has 1 aliphatic heterocycles. The third-order valence-electron chi connectivity index (χ3n) is 3.99. The van der Waals surface area contributed by atoms with Crippen molar-refractivity contribution in [2.75, 3.05) is 39.8 Å².